The maximum Gasteiger partial charge on any atom is 0.173 e. The Morgan fingerprint density at radius 2 is 1.74 bits per heavy atom. The number of rotatable bonds is 7. The predicted octanol–water partition coefficient (Wildman–Crippen LogP) is 5.90. The fraction of sp³-hybridized carbons (Fsp3) is 0.391. The Kier molecular flexibility index (Phi) is 7.25. The second-order valence-electron chi connectivity index (χ2n) is 7.42. The first kappa shape index (κ1) is 21.2. The lowest BCUT2D eigenvalue weighted by Gasteiger charge is -2.17. The Labute approximate surface area is 167 Å². The summed E-state index contributed by atoms with van der Waals surface area (Å²) in [7, 11) is 2.01. The molecule has 2 aromatic rings. The number of thioether (sulfide) groups is 1. The van der Waals surface area contributed by atoms with E-state index in [2.05, 4.69) is 55.8 Å². The summed E-state index contributed by atoms with van der Waals surface area (Å²) < 4.78 is 0. The van der Waals surface area contributed by atoms with Crippen molar-refractivity contribution in [2.75, 3.05) is 12.8 Å². The van der Waals surface area contributed by atoms with E-state index in [-0.39, 0.29) is 5.78 Å². The molecule has 3 nitrogen and oxygen atoms in total. The van der Waals surface area contributed by atoms with Crippen molar-refractivity contribution in [2.45, 2.75) is 52.5 Å². The standard InChI is InChI=1S/C23H30N2OS/c1-15(2)25(7)14-24-22-12-18(5)21(11-19(22)6)23(26)13-27-20-9-8-16(3)17(4)10-20/h8-12,14-15H,13H2,1-7H3. The van der Waals surface area contributed by atoms with E-state index in [4.69, 9.17) is 0 Å². The van der Waals surface area contributed by atoms with Gasteiger partial charge in [-0.2, -0.15) is 0 Å². The van der Waals surface area contributed by atoms with E-state index < -0.39 is 0 Å². The molecule has 0 N–H and O–H groups in total. The highest BCUT2D eigenvalue weighted by atomic mass is 32.2. The number of ketones is 1. The van der Waals surface area contributed by atoms with Gasteiger partial charge >= 0.3 is 0 Å². The van der Waals surface area contributed by atoms with Gasteiger partial charge in [0.2, 0.25) is 0 Å². The van der Waals surface area contributed by atoms with Crippen LogP contribution in [0, 0.1) is 27.7 Å². The van der Waals surface area contributed by atoms with Gasteiger partial charge in [-0.25, -0.2) is 4.99 Å². The molecule has 27 heavy (non-hydrogen) atoms. The van der Waals surface area contributed by atoms with Crippen LogP contribution in [0.5, 0.6) is 0 Å². The first-order chi connectivity index (χ1) is 12.7. The molecule has 2 aromatic carbocycles. The molecule has 0 saturated heterocycles. The number of hydrogen-bond acceptors (Lipinski definition) is 3. The maximum atomic E-state index is 12.7. The van der Waals surface area contributed by atoms with Crippen LogP contribution in [-0.4, -0.2) is 35.9 Å². The molecular formula is C23H30N2OS. The van der Waals surface area contributed by atoms with E-state index in [1.165, 1.54) is 11.1 Å². The second-order valence-corrected chi connectivity index (χ2v) is 8.46. The number of hydrogen-bond donors (Lipinski definition) is 0. The number of carbonyl (C=O) groups is 1. The molecule has 0 aliphatic heterocycles. The third kappa shape index (κ3) is 5.70. The number of carbonyl (C=O) groups excluding carboxylic acids is 1. The van der Waals surface area contributed by atoms with Crippen molar-refractivity contribution in [3.8, 4) is 0 Å². The van der Waals surface area contributed by atoms with Gasteiger partial charge in [0.15, 0.2) is 5.78 Å². The molecule has 0 aromatic heterocycles. The number of benzene rings is 2. The molecule has 0 aliphatic carbocycles. The number of aryl methyl sites for hydroxylation is 4. The molecule has 0 radical (unpaired) electrons. The Bertz CT molecular complexity index is 856. The highest BCUT2D eigenvalue weighted by Crippen LogP contribution is 2.26. The molecule has 0 spiro atoms. The van der Waals surface area contributed by atoms with Gasteiger partial charge in [0.1, 0.15) is 0 Å². The monoisotopic (exact) mass is 382 g/mol. The van der Waals surface area contributed by atoms with Crippen molar-refractivity contribution in [1.29, 1.82) is 0 Å². The summed E-state index contributed by atoms with van der Waals surface area (Å²) in [6.45, 7) is 12.4. The average Bonchev–Trinajstić information content (AvgIpc) is 2.62. The SMILES string of the molecule is Cc1ccc(SCC(=O)c2cc(C)c(N=CN(C)C(C)C)cc2C)cc1C. The van der Waals surface area contributed by atoms with Gasteiger partial charge in [-0.1, -0.05) is 6.07 Å². The molecule has 0 aliphatic rings. The molecule has 0 unspecified atom stereocenters. The number of Topliss-reactive ketones (excluding diaryl/α,β-unsaturated/α-hetero) is 1. The van der Waals surface area contributed by atoms with Crippen molar-refractivity contribution < 1.29 is 4.79 Å². The molecule has 4 heteroatoms. The number of nitrogens with zero attached hydrogens (tertiary/aromatic N) is 2. The number of aliphatic imine (C=N–C) groups is 1. The first-order valence-corrected chi connectivity index (χ1v) is 10.3. The van der Waals surface area contributed by atoms with Crippen LogP contribution < -0.4 is 0 Å². The summed E-state index contributed by atoms with van der Waals surface area (Å²) in [5.41, 5.74) is 6.24. The van der Waals surface area contributed by atoms with Crippen LogP contribution >= 0.6 is 11.8 Å². The second kappa shape index (κ2) is 9.23. The van der Waals surface area contributed by atoms with E-state index in [1.807, 2.05) is 39.4 Å². The molecule has 0 bridgehead atoms. The van der Waals surface area contributed by atoms with Crippen molar-refractivity contribution in [1.82, 2.24) is 4.90 Å². The molecule has 0 fully saturated rings. The van der Waals surface area contributed by atoms with Crippen LogP contribution in [0.15, 0.2) is 40.2 Å². The molecule has 0 saturated carbocycles. The normalized spacial score (nSPS) is 11.4. The van der Waals surface area contributed by atoms with Gasteiger partial charge in [0, 0.05) is 23.5 Å². The average molecular weight is 383 g/mol. The Morgan fingerprint density at radius 3 is 2.37 bits per heavy atom. The van der Waals surface area contributed by atoms with Crippen molar-refractivity contribution in [3.63, 3.8) is 0 Å². The van der Waals surface area contributed by atoms with Crippen molar-refractivity contribution in [3.05, 3.63) is 58.1 Å². The van der Waals surface area contributed by atoms with Gasteiger partial charge in [-0.3, -0.25) is 4.79 Å². The van der Waals surface area contributed by atoms with E-state index in [0.717, 1.165) is 27.3 Å². The Morgan fingerprint density at radius 1 is 1.04 bits per heavy atom. The fourth-order valence-electron chi connectivity index (χ4n) is 2.56. The Balaban J connectivity index is 2.12. The van der Waals surface area contributed by atoms with Gasteiger partial charge in [0.25, 0.3) is 0 Å². The van der Waals surface area contributed by atoms with Crippen LogP contribution in [-0.2, 0) is 0 Å². The lowest BCUT2D eigenvalue weighted by molar-refractivity contribution is 0.102. The van der Waals surface area contributed by atoms with E-state index in [0.29, 0.717) is 11.8 Å². The van der Waals surface area contributed by atoms with Crippen LogP contribution in [0.2, 0.25) is 0 Å². The van der Waals surface area contributed by atoms with Gasteiger partial charge in [-0.15, -0.1) is 11.8 Å². The summed E-state index contributed by atoms with van der Waals surface area (Å²) in [5, 5.41) is 0. The van der Waals surface area contributed by atoms with E-state index in [1.54, 1.807) is 11.8 Å². The summed E-state index contributed by atoms with van der Waals surface area (Å²) in [4.78, 5) is 20.5. The third-order valence-corrected chi connectivity index (χ3v) is 5.88. The third-order valence-electron chi connectivity index (χ3n) is 4.89. The maximum absolute atomic E-state index is 12.7. The molecule has 0 amide bonds. The van der Waals surface area contributed by atoms with Crippen molar-refractivity contribution in [2.24, 2.45) is 4.99 Å². The summed E-state index contributed by atoms with van der Waals surface area (Å²) in [6.07, 6.45) is 1.85. The highest BCUT2D eigenvalue weighted by molar-refractivity contribution is 8.00. The fourth-order valence-corrected chi connectivity index (χ4v) is 3.44. The quantitative estimate of drug-likeness (QED) is 0.259. The van der Waals surface area contributed by atoms with Crippen LogP contribution in [0.25, 0.3) is 0 Å². The lowest BCUT2D eigenvalue weighted by Crippen LogP contribution is -2.24. The van der Waals surface area contributed by atoms with Gasteiger partial charge < -0.3 is 4.90 Å². The van der Waals surface area contributed by atoms with E-state index >= 15 is 0 Å². The molecule has 0 heterocycles. The minimum absolute atomic E-state index is 0.161. The predicted molar refractivity (Wildman–Crippen MR) is 118 cm³/mol. The summed E-state index contributed by atoms with van der Waals surface area (Å²) in [5.74, 6) is 0.607. The zero-order valence-corrected chi connectivity index (χ0v) is 18.3. The van der Waals surface area contributed by atoms with Gasteiger partial charge in [-0.05, 0) is 88.1 Å². The summed E-state index contributed by atoms with van der Waals surface area (Å²) >= 11 is 1.60. The first-order valence-electron chi connectivity index (χ1n) is 9.29. The summed E-state index contributed by atoms with van der Waals surface area (Å²) in [6, 6.07) is 10.7. The molecular weight excluding hydrogens is 352 g/mol. The lowest BCUT2D eigenvalue weighted by atomic mass is 10.0. The topological polar surface area (TPSA) is 32.7 Å². The zero-order chi connectivity index (χ0) is 20.1. The van der Waals surface area contributed by atoms with Crippen LogP contribution in [0.4, 0.5) is 5.69 Å². The molecule has 144 valence electrons. The molecule has 2 rings (SSSR count). The smallest absolute Gasteiger partial charge is 0.173 e. The highest BCUT2D eigenvalue weighted by Gasteiger charge is 2.13. The minimum atomic E-state index is 0.161. The van der Waals surface area contributed by atoms with Crippen LogP contribution in [0.1, 0.15) is 46.5 Å². The Hall–Kier alpha value is -2.07. The van der Waals surface area contributed by atoms with Crippen LogP contribution in [0.3, 0.4) is 0 Å². The molecule has 0 atom stereocenters. The van der Waals surface area contributed by atoms with Gasteiger partial charge in [0.05, 0.1) is 17.8 Å². The largest absolute Gasteiger partial charge is 0.363 e. The van der Waals surface area contributed by atoms with E-state index in [9.17, 15) is 4.79 Å². The van der Waals surface area contributed by atoms with Crippen molar-refractivity contribution >= 4 is 29.6 Å². The zero-order valence-electron chi connectivity index (χ0n) is 17.5. The minimum Gasteiger partial charge on any atom is -0.363 e.